The molecule has 0 spiro atoms. The van der Waals surface area contributed by atoms with Crippen LogP contribution in [0.25, 0.3) is 0 Å². The molecule has 1 amide bonds. The number of amides is 1. The number of anilines is 2. The Morgan fingerprint density at radius 1 is 1.03 bits per heavy atom. The molecule has 8 heteroatoms. The van der Waals surface area contributed by atoms with Gasteiger partial charge in [0.15, 0.2) is 11.0 Å². The summed E-state index contributed by atoms with van der Waals surface area (Å²) in [5, 5.41) is 16.5. The van der Waals surface area contributed by atoms with Crippen LogP contribution in [0.15, 0.2) is 47.6 Å². The van der Waals surface area contributed by atoms with Crippen LogP contribution in [0.5, 0.6) is 0 Å². The number of halogens is 1. The van der Waals surface area contributed by atoms with E-state index in [-0.39, 0.29) is 11.7 Å². The van der Waals surface area contributed by atoms with Crippen molar-refractivity contribution >= 4 is 40.6 Å². The molecule has 3 aromatic rings. The number of nitrogens with zero attached hydrogens (tertiary/aromatic N) is 3. The van der Waals surface area contributed by atoms with Gasteiger partial charge in [-0.1, -0.05) is 55.4 Å². The molecule has 6 nitrogen and oxygen atoms in total. The van der Waals surface area contributed by atoms with Crippen LogP contribution in [0.2, 0.25) is 5.02 Å². The van der Waals surface area contributed by atoms with Crippen molar-refractivity contribution in [1.82, 2.24) is 14.8 Å². The van der Waals surface area contributed by atoms with Crippen LogP contribution < -0.4 is 10.6 Å². The lowest BCUT2D eigenvalue weighted by molar-refractivity contribution is -0.113. The number of para-hydroxylation sites is 1. The minimum atomic E-state index is -0.0351. The SMILES string of the molecule is CCc1cccc(CC)c1NC(=O)CSc1nnc(CNc2ccc(Cl)cc2)n1CC. The first kappa shape index (κ1) is 23.2. The van der Waals surface area contributed by atoms with Crippen molar-refractivity contribution in [1.29, 1.82) is 0 Å². The minimum absolute atomic E-state index is 0.0351. The van der Waals surface area contributed by atoms with Gasteiger partial charge < -0.3 is 15.2 Å². The van der Waals surface area contributed by atoms with E-state index in [1.54, 1.807) is 0 Å². The van der Waals surface area contributed by atoms with Crippen LogP contribution in [0.1, 0.15) is 37.7 Å². The quantitative estimate of drug-likeness (QED) is 0.398. The molecular formula is C23H28ClN5OS. The first-order valence-electron chi connectivity index (χ1n) is 10.5. The van der Waals surface area contributed by atoms with Crippen LogP contribution in [-0.2, 0) is 30.7 Å². The minimum Gasteiger partial charge on any atom is -0.378 e. The van der Waals surface area contributed by atoms with Gasteiger partial charge in [0.25, 0.3) is 0 Å². The molecule has 2 aromatic carbocycles. The van der Waals surface area contributed by atoms with Crippen LogP contribution in [0, 0.1) is 0 Å². The molecule has 0 unspecified atom stereocenters. The largest absolute Gasteiger partial charge is 0.378 e. The zero-order chi connectivity index (χ0) is 22.2. The molecule has 0 aliphatic carbocycles. The fourth-order valence-electron chi connectivity index (χ4n) is 3.33. The average Bonchev–Trinajstić information content (AvgIpc) is 3.19. The normalized spacial score (nSPS) is 10.8. The lowest BCUT2D eigenvalue weighted by Gasteiger charge is -2.14. The van der Waals surface area contributed by atoms with Gasteiger partial charge in [-0.2, -0.15) is 0 Å². The van der Waals surface area contributed by atoms with Gasteiger partial charge in [0.2, 0.25) is 5.91 Å². The zero-order valence-corrected chi connectivity index (χ0v) is 19.7. The molecule has 31 heavy (non-hydrogen) atoms. The van der Waals surface area contributed by atoms with Crippen molar-refractivity contribution in [3.8, 4) is 0 Å². The Labute approximate surface area is 192 Å². The molecule has 164 valence electrons. The molecular weight excluding hydrogens is 430 g/mol. The van der Waals surface area contributed by atoms with Gasteiger partial charge in [-0.3, -0.25) is 4.79 Å². The summed E-state index contributed by atoms with van der Waals surface area (Å²) in [6.45, 7) is 7.52. The summed E-state index contributed by atoms with van der Waals surface area (Å²) >= 11 is 7.34. The van der Waals surface area contributed by atoms with Crippen LogP contribution in [0.3, 0.4) is 0 Å². The second kappa shape index (κ2) is 11.2. The number of aryl methyl sites for hydroxylation is 2. The fourth-order valence-corrected chi connectivity index (χ4v) is 4.28. The van der Waals surface area contributed by atoms with E-state index in [1.165, 1.54) is 11.8 Å². The molecule has 3 rings (SSSR count). The summed E-state index contributed by atoms with van der Waals surface area (Å²) in [5.41, 5.74) is 4.22. The Morgan fingerprint density at radius 2 is 1.71 bits per heavy atom. The van der Waals surface area contributed by atoms with E-state index in [0.717, 1.165) is 52.9 Å². The van der Waals surface area contributed by atoms with Crippen molar-refractivity contribution in [2.24, 2.45) is 0 Å². The number of thioether (sulfide) groups is 1. The molecule has 0 atom stereocenters. The molecule has 0 aliphatic heterocycles. The van der Waals surface area contributed by atoms with Crippen molar-refractivity contribution < 1.29 is 4.79 Å². The summed E-state index contributed by atoms with van der Waals surface area (Å²) in [4.78, 5) is 12.7. The Balaban J connectivity index is 1.62. The van der Waals surface area contributed by atoms with E-state index in [1.807, 2.05) is 41.8 Å². The predicted octanol–water partition coefficient (Wildman–Crippen LogP) is 5.42. The number of aromatic nitrogens is 3. The van der Waals surface area contributed by atoms with E-state index in [4.69, 9.17) is 11.6 Å². The Bertz CT molecular complexity index is 997. The molecule has 0 aliphatic rings. The van der Waals surface area contributed by atoms with Gasteiger partial charge in [0, 0.05) is 22.9 Å². The second-order valence-electron chi connectivity index (χ2n) is 7.00. The number of carbonyl (C=O) groups is 1. The van der Waals surface area contributed by atoms with E-state index >= 15 is 0 Å². The Morgan fingerprint density at radius 3 is 2.32 bits per heavy atom. The summed E-state index contributed by atoms with van der Waals surface area (Å²) in [7, 11) is 0. The maximum atomic E-state index is 12.7. The molecule has 1 heterocycles. The Hall–Kier alpha value is -2.51. The topological polar surface area (TPSA) is 71.8 Å². The van der Waals surface area contributed by atoms with Gasteiger partial charge in [0.05, 0.1) is 12.3 Å². The number of benzene rings is 2. The third-order valence-electron chi connectivity index (χ3n) is 5.00. The second-order valence-corrected chi connectivity index (χ2v) is 8.38. The molecule has 0 radical (unpaired) electrons. The van der Waals surface area contributed by atoms with Crippen molar-refractivity contribution in [2.75, 3.05) is 16.4 Å². The number of hydrogen-bond acceptors (Lipinski definition) is 5. The zero-order valence-electron chi connectivity index (χ0n) is 18.1. The van der Waals surface area contributed by atoms with Crippen LogP contribution >= 0.6 is 23.4 Å². The summed E-state index contributed by atoms with van der Waals surface area (Å²) in [6.07, 6.45) is 1.76. The summed E-state index contributed by atoms with van der Waals surface area (Å²) in [6, 6.07) is 13.7. The van der Waals surface area contributed by atoms with E-state index in [2.05, 4.69) is 46.8 Å². The lowest BCUT2D eigenvalue weighted by Crippen LogP contribution is -2.17. The van der Waals surface area contributed by atoms with Crippen molar-refractivity contribution in [3.05, 3.63) is 64.4 Å². The summed E-state index contributed by atoms with van der Waals surface area (Å²) < 4.78 is 2.03. The highest BCUT2D eigenvalue weighted by Gasteiger charge is 2.15. The number of hydrogen-bond donors (Lipinski definition) is 2. The van der Waals surface area contributed by atoms with E-state index in [0.29, 0.717) is 11.6 Å². The third-order valence-corrected chi connectivity index (χ3v) is 6.22. The molecule has 1 aromatic heterocycles. The Kier molecular flexibility index (Phi) is 8.37. The van der Waals surface area contributed by atoms with Gasteiger partial charge in [-0.25, -0.2) is 0 Å². The van der Waals surface area contributed by atoms with Gasteiger partial charge in [-0.05, 0) is 55.2 Å². The molecule has 2 N–H and O–H groups in total. The standard InChI is InChI=1S/C23H28ClN5OS/c1-4-16-8-7-9-17(5-2)22(16)26-21(30)15-31-23-28-27-20(29(23)6-3)14-25-19-12-10-18(24)11-13-19/h7-13,25H,4-6,14-15H2,1-3H3,(H,26,30). The van der Waals surface area contributed by atoms with Gasteiger partial charge in [0.1, 0.15) is 0 Å². The van der Waals surface area contributed by atoms with Crippen LogP contribution in [0.4, 0.5) is 11.4 Å². The smallest absolute Gasteiger partial charge is 0.234 e. The van der Waals surface area contributed by atoms with Gasteiger partial charge >= 0.3 is 0 Å². The molecule has 0 saturated heterocycles. The average molecular weight is 458 g/mol. The molecule has 0 bridgehead atoms. The lowest BCUT2D eigenvalue weighted by atomic mass is 10.0. The first-order valence-corrected chi connectivity index (χ1v) is 11.9. The molecule has 0 saturated carbocycles. The fraction of sp³-hybridized carbons (Fsp3) is 0.348. The first-order chi connectivity index (χ1) is 15.0. The number of rotatable bonds is 10. The highest BCUT2D eigenvalue weighted by molar-refractivity contribution is 7.99. The van der Waals surface area contributed by atoms with Crippen LogP contribution in [-0.4, -0.2) is 26.4 Å². The number of nitrogens with one attached hydrogen (secondary N) is 2. The maximum absolute atomic E-state index is 12.7. The van der Waals surface area contributed by atoms with E-state index < -0.39 is 0 Å². The predicted molar refractivity (Wildman–Crippen MR) is 129 cm³/mol. The highest BCUT2D eigenvalue weighted by Crippen LogP contribution is 2.24. The monoisotopic (exact) mass is 457 g/mol. The summed E-state index contributed by atoms with van der Waals surface area (Å²) in [5.74, 6) is 1.07. The maximum Gasteiger partial charge on any atom is 0.234 e. The highest BCUT2D eigenvalue weighted by atomic mass is 35.5. The van der Waals surface area contributed by atoms with Crippen molar-refractivity contribution in [3.63, 3.8) is 0 Å². The number of carbonyl (C=O) groups excluding carboxylic acids is 1. The van der Waals surface area contributed by atoms with Gasteiger partial charge in [-0.15, -0.1) is 10.2 Å². The third kappa shape index (κ3) is 6.02. The van der Waals surface area contributed by atoms with E-state index in [9.17, 15) is 4.79 Å². The molecule has 0 fully saturated rings. The van der Waals surface area contributed by atoms with Crippen molar-refractivity contribution in [2.45, 2.75) is 51.9 Å².